The Kier molecular flexibility index (Phi) is 4.15. The van der Waals surface area contributed by atoms with Gasteiger partial charge in [0.25, 0.3) is 0 Å². The van der Waals surface area contributed by atoms with Crippen LogP contribution in [0.5, 0.6) is 5.75 Å². The lowest BCUT2D eigenvalue weighted by atomic mass is 10.1. The summed E-state index contributed by atoms with van der Waals surface area (Å²) in [6.45, 7) is 0. The summed E-state index contributed by atoms with van der Waals surface area (Å²) in [5.74, 6) is 0.117. The van der Waals surface area contributed by atoms with Crippen molar-refractivity contribution in [2.45, 2.75) is 6.42 Å². The average molecular weight is 188 g/mol. The predicted molar refractivity (Wildman–Crippen MR) is 49.5 cm³/mol. The van der Waals surface area contributed by atoms with Crippen LogP contribution >= 0.6 is 12.4 Å². The highest BCUT2D eigenvalue weighted by atomic mass is 35.5. The third-order valence-corrected chi connectivity index (χ3v) is 1.41. The van der Waals surface area contributed by atoms with Crippen LogP contribution in [0.25, 0.3) is 0 Å². The minimum Gasteiger partial charge on any atom is -0.508 e. The van der Waals surface area contributed by atoms with Crippen molar-refractivity contribution >= 4 is 24.4 Å². The number of aldehydes is 1. The van der Waals surface area contributed by atoms with Gasteiger partial charge in [0.2, 0.25) is 0 Å². The molecule has 0 saturated heterocycles. The number of nitrogen functional groups attached to an aromatic ring is 1. The number of hydrogen-bond acceptors (Lipinski definition) is 3. The Labute approximate surface area is 76.6 Å². The summed E-state index contributed by atoms with van der Waals surface area (Å²) < 4.78 is 0. The van der Waals surface area contributed by atoms with Gasteiger partial charge in [0.05, 0.1) is 0 Å². The standard InChI is InChI=1S/C8H9NO2.ClH/c9-7-1-2-8(11)6(5-7)3-4-10;/h1-2,4-5,11H,3,9H2;1H. The number of nitrogens with two attached hydrogens (primary N) is 1. The fourth-order valence-corrected chi connectivity index (χ4v) is 0.859. The minimum atomic E-state index is 0. The number of carbonyl (C=O) groups is 1. The van der Waals surface area contributed by atoms with E-state index in [2.05, 4.69) is 0 Å². The maximum absolute atomic E-state index is 10.1. The smallest absolute Gasteiger partial charge is 0.124 e. The zero-order valence-electron chi connectivity index (χ0n) is 6.36. The number of benzene rings is 1. The number of phenols is 1. The van der Waals surface area contributed by atoms with Gasteiger partial charge in [0.1, 0.15) is 12.0 Å². The summed E-state index contributed by atoms with van der Waals surface area (Å²) in [6, 6.07) is 4.65. The van der Waals surface area contributed by atoms with Gasteiger partial charge in [-0.05, 0) is 18.2 Å². The van der Waals surface area contributed by atoms with Crippen molar-refractivity contribution in [1.29, 1.82) is 0 Å². The van der Waals surface area contributed by atoms with Crippen molar-refractivity contribution < 1.29 is 9.90 Å². The molecule has 1 aromatic carbocycles. The summed E-state index contributed by atoms with van der Waals surface area (Å²) >= 11 is 0. The third-order valence-electron chi connectivity index (χ3n) is 1.41. The van der Waals surface area contributed by atoms with E-state index in [0.717, 1.165) is 6.29 Å². The van der Waals surface area contributed by atoms with Gasteiger partial charge in [-0.15, -0.1) is 12.4 Å². The summed E-state index contributed by atoms with van der Waals surface area (Å²) in [5, 5.41) is 9.15. The molecule has 0 saturated carbocycles. The van der Waals surface area contributed by atoms with Crippen LogP contribution in [-0.2, 0) is 11.2 Å². The first-order valence-electron chi connectivity index (χ1n) is 3.25. The Balaban J connectivity index is 0.00000121. The lowest BCUT2D eigenvalue weighted by Gasteiger charge is -2.00. The fourth-order valence-electron chi connectivity index (χ4n) is 0.859. The monoisotopic (exact) mass is 187 g/mol. The van der Waals surface area contributed by atoms with E-state index in [1.54, 1.807) is 12.1 Å². The number of hydrogen-bond donors (Lipinski definition) is 2. The highest BCUT2D eigenvalue weighted by molar-refractivity contribution is 5.85. The zero-order chi connectivity index (χ0) is 8.27. The maximum atomic E-state index is 10.1. The second kappa shape index (κ2) is 4.62. The van der Waals surface area contributed by atoms with Crippen LogP contribution in [-0.4, -0.2) is 11.4 Å². The molecule has 4 heteroatoms. The average Bonchev–Trinajstić information content (AvgIpc) is 1.98. The quantitative estimate of drug-likeness (QED) is 0.415. The number of rotatable bonds is 2. The van der Waals surface area contributed by atoms with E-state index in [1.165, 1.54) is 6.07 Å². The Morgan fingerprint density at radius 2 is 2.17 bits per heavy atom. The molecular formula is C8H10ClNO2. The number of carbonyl (C=O) groups excluding carboxylic acids is 1. The molecule has 3 nitrogen and oxygen atoms in total. The van der Waals surface area contributed by atoms with Gasteiger partial charge in [-0.3, -0.25) is 0 Å². The van der Waals surface area contributed by atoms with Gasteiger partial charge >= 0.3 is 0 Å². The molecule has 0 radical (unpaired) electrons. The van der Waals surface area contributed by atoms with Crippen LogP contribution < -0.4 is 5.73 Å². The minimum absolute atomic E-state index is 0. The van der Waals surface area contributed by atoms with Crippen molar-refractivity contribution in [3.05, 3.63) is 23.8 Å². The van der Waals surface area contributed by atoms with E-state index in [1.807, 2.05) is 0 Å². The van der Waals surface area contributed by atoms with Gasteiger partial charge in [-0.1, -0.05) is 0 Å². The molecule has 0 aromatic heterocycles. The first kappa shape index (κ1) is 10.8. The van der Waals surface area contributed by atoms with Gasteiger partial charge in [-0.2, -0.15) is 0 Å². The van der Waals surface area contributed by atoms with Crippen LogP contribution in [0, 0.1) is 0 Å². The van der Waals surface area contributed by atoms with Crippen molar-refractivity contribution in [3.8, 4) is 5.75 Å². The molecule has 12 heavy (non-hydrogen) atoms. The van der Waals surface area contributed by atoms with Crippen LogP contribution in [0.3, 0.4) is 0 Å². The highest BCUT2D eigenvalue weighted by Crippen LogP contribution is 2.19. The number of aromatic hydroxyl groups is 1. The van der Waals surface area contributed by atoms with Crippen LogP contribution in [0.2, 0.25) is 0 Å². The van der Waals surface area contributed by atoms with Crippen LogP contribution in [0.4, 0.5) is 5.69 Å². The lowest BCUT2D eigenvalue weighted by Crippen LogP contribution is -1.90. The molecule has 0 fully saturated rings. The highest BCUT2D eigenvalue weighted by Gasteiger charge is 1.99. The van der Waals surface area contributed by atoms with E-state index >= 15 is 0 Å². The van der Waals surface area contributed by atoms with Crippen molar-refractivity contribution in [2.75, 3.05) is 5.73 Å². The molecule has 0 aliphatic rings. The molecule has 0 aliphatic carbocycles. The van der Waals surface area contributed by atoms with Crippen molar-refractivity contribution in [3.63, 3.8) is 0 Å². The molecule has 1 aromatic rings. The van der Waals surface area contributed by atoms with Gasteiger partial charge in [0, 0.05) is 17.7 Å². The van der Waals surface area contributed by atoms with Gasteiger partial charge in [0.15, 0.2) is 0 Å². The van der Waals surface area contributed by atoms with E-state index in [-0.39, 0.29) is 24.6 Å². The molecular weight excluding hydrogens is 178 g/mol. The third kappa shape index (κ3) is 2.43. The Hall–Kier alpha value is -1.22. The van der Waals surface area contributed by atoms with Gasteiger partial charge in [-0.25, -0.2) is 0 Å². The van der Waals surface area contributed by atoms with Crippen LogP contribution in [0.1, 0.15) is 5.56 Å². The Bertz CT molecular complexity index is 276. The normalized spacial score (nSPS) is 8.67. The summed E-state index contributed by atoms with van der Waals surface area (Å²) in [5.41, 5.74) is 6.56. The van der Waals surface area contributed by atoms with E-state index in [9.17, 15) is 4.79 Å². The molecule has 0 atom stereocenters. The fraction of sp³-hybridized carbons (Fsp3) is 0.125. The van der Waals surface area contributed by atoms with E-state index < -0.39 is 0 Å². The summed E-state index contributed by atoms with van der Waals surface area (Å²) in [7, 11) is 0. The SMILES string of the molecule is Cl.Nc1ccc(O)c(CC=O)c1. The Morgan fingerprint density at radius 3 is 2.75 bits per heavy atom. The summed E-state index contributed by atoms with van der Waals surface area (Å²) in [4.78, 5) is 10.1. The first-order valence-corrected chi connectivity index (χ1v) is 3.25. The van der Waals surface area contributed by atoms with E-state index in [0.29, 0.717) is 11.3 Å². The second-order valence-corrected chi connectivity index (χ2v) is 2.26. The lowest BCUT2D eigenvalue weighted by molar-refractivity contribution is -0.107. The molecule has 66 valence electrons. The molecule has 0 bridgehead atoms. The van der Waals surface area contributed by atoms with E-state index in [4.69, 9.17) is 10.8 Å². The van der Waals surface area contributed by atoms with Crippen molar-refractivity contribution in [2.24, 2.45) is 0 Å². The molecule has 0 spiro atoms. The summed E-state index contributed by atoms with van der Waals surface area (Å²) in [6.07, 6.45) is 0.936. The largest absolute Gasteiger partial charge is 0.508 e. The maximum Gasteiger partial charge on any atom is 0.124 e. The Morgan fingerprint density at radius 1 is 1.50 bits per heavy atom. The molecule has 3 N–H and O–H groups in total. The predicted octanol–water partition coefficient (Wildman–Crippen LogP) is 1.14. The molecule has 0 heterocycles. The molecule has 0 unspecified atom stereocenters. The first-order chi connectivity index (χ1) is 5.24. The van der Waals surface area contributed by atoms with Crippen molar-refractivity contribution in [1.82, 2.24) is 0 Å². The zero-order valence-corrected chi connectivity index (χ0v) is 7.17. The van der Waals surface area contributed by atoms with Gasteiger partial charge < -0.3 is 15.6 Å². The second-order valence-electron chi connectivity index (χ2n) is 2.26. The van der Waals surface area contributed by atoms with Crippen LogP contribution in [0.15, 0.2) is 18.2 Å². The number of halogens is 1. The molecule has 0 amide bonds. The molecule has 0 aliphatic heterocycles. The topological polar surface area (TPSA) is 63.3 Å². The molecule has 1 rings (SSSR count). The number of anilines is 1. The number of phenolic OH excluding ortho intramolecular Hbond substituents is 1.